The smallest absolute Gasteiger partial charge is 0.165 e. The van der Waals surface area contributed by atoms with Crippen LogP contribution in [0.1, 0.15) is 0 Å². The molecule has 1 N–H and O–H groups in total. The van der Waals surface area contributed by atoms with E-state index in [0.29, 0.717) is 15.7 Å². The standard InChI is InChI=1S/C21H11Cl4F2N3OS/c22-11-1-4-20(15(23)5-11)32-29-13-7-16(24)21(17(25)8-13)31-14-9-28-30(10-14)19-3-2-12(26)6-18(19)27/h1-10,29H. The van der Waals surface area contributed by atoms with Gasteiger partial charge in [-0.05, 0) is 54.4 Å². The fraction of sp³-hybridized carbons (Fsp3) is 0. The highest BCUT2D eigenvalue weighted by molar-refractivity contribution is 8.00. The van der Waals surface area contributed by atoms with Crippen molar-refractivity contribution in [3.05, 3.63) is 92.6 Å². The van der Waals surface area contributed by atoms with Gasteiger partial charge in [-0.3, -0.25) is 0 Å². The van der Waals surface area contributed by atoms with Crippen LogP contribution in [-0.2, 0) is 0 Å². The van der Waals surface area contributed by atoms with E-state index in [1.807, 2.05) is 0 Å². The Kier molecular flexibility index (Phi) is 7.02. The van der Waals surface area contributed by atoms with Crippen molar-refractivity contribution in [3.8, 4) is 17.2 Å². The third kappa shape index (κ3) is 5.24. The molecule has 1 heterocycles. The molecule has 0 saturated carbocycles. The Hall–Kier alpha value is -2.16. The van der Waals surface area contributed by atoms with Crippen molar-refractivity contribution in [1.82, 2.24) is 9.78 Å². The minimum atomic E-state index is -0.760. The lowest BCUT2D eigenvalue weighted by Crippen LogP contribution is -1.98. The van der Waals surface area contributed by atoms with E-state index in [1.54, 1.807) is 30.3 Å². The first kappa shape index (κ1) is 23.0. The summed E-state index contributed by atoms with van der Waals surface area (Å²) in [6, 6.07) is 11.6. The minimum Gasteiger partial charge on any atom is -0.451 e. The molecule has 0 radical (unpaired) electrons. The summed E-state index contributed by atoms with van der Waals surface area (Å²) in [7, 11) is 0. The molecule has 0 aliphatic heterocycles. The topological polar surface area (TPSA) is 39.1 Å². The number of nitrogens with zero attached hydrogens (tertiary/aromatic N) is 2. The van der Waals surface area contributed by atoms with E-state index in [-0.39, 0.29) is 27.2 Å². The van der Waals surface area contributed by atoms with Crippen LogP contribution in [0.5, 0.6) is 11.5 Å². The Morgan fingerprint density at radius 1 is 0.906 bits per heavy atom. The molecule has 0 bridgehead atoms. The van der Waals surface area contributed by atoms with Gasteiger partial charge in [0.15, 0.2) is 17.3 Å². The summed E-state index contributed by atoms with van der Waals surface area (Å²) in [5.41, 5.74) is 0.684. The van der Waals surface area contributed by atoms with Crippen LogP contribution >= 0.6 is 58.4 Å². The van der Waals surface area contributed by atoms with Gasteiger partial charge in [0.25, 0.3) is 0 Å². The van der Waals surface area contributed by atoms with Gasteiger partial charge in [0.05, 0.1) is 27.5 Å². The van der Waals surface area contributed by atoms with Gasteiger partial charge in [0.1, 0.15) is 11.5 Å². The van der Waals surface area contributed by atoms with Crippen molar-refractivity contribution < 1.29 is 13.5 Å². The molecule has 32 heavy (non-hydrogen) atoms. The third-order valence-electron chi connectivity index (χ3n) is 4.11. The molecule has 164 valence electrons. The first-order valence-corrected chi connectivity index (χ1v) is 11.2. The molecule has 0 atom stereocenters. The number of halogens is 6. The molecular formula is C21H11Cl4F2N3OS. The second-order valence-electron chi connectivity index (χ2n) is 6.37. The normalized spacial score (nSPS) is 10.9. The first-order valence-electron chi connectivity index (χ1n) is 8.85. The predicted octanol–water partition coefficient (Wildman–Crippen LogP) is 8.68. The van der Waals surface area contributed by atoms with Gasteiger partial charge in [0.2, 0.25) is 0 Å². The molecule has 3 aromatic carbocycles. The zero-order valence-corrected chi connectivity index (χ0v) is 19.6. The zero-order chi connectivity index (χ0) is 22.8. The molecule has 11 heteroatoms. The maximum absolute atomic E-state index is 14.0. The molecule has 0 amide bonds. The largest absolute Gasteiger partial charge is 0.451 e. The number of anilines is 1. The van der Waals surface area contributed by atoms with Crippen LogP contribution in [-0.4, -0.2) is 9.78 Å². The van der Waals surface area contributed by atoms with Crippen molar-refractivity contribution in [2.24, 2.45) is 0 Å². The summed E-state index contributed by atoms with van der Waals surface area (Å²) in [4.78, 5) is 0.768. The van der Waals surface area contributed by atoms with Crippen LogP contribution in [0, 0.1) is 11.6 Å². The lowest BCUT2D eigenvalue weighted by atomic mass is 10.3. The van der Waals surface area contributed by atoms with Gasteiger partial charge in [-0.1, -0.05) is 46.4 Å². The van der Waals surface area contributed by atoms with E-state index in [0.717, 1.165) is 17.0 Å². The van der Waals surface area contributed by atoms with Gasteiger partial charge < -0.3 is 9.46 Å². The van der Waals surface area contributed by atoms with Crippen LogP contribution < -0.4 is 9.46 Å². The van der Waals surface area contributed by atoms with Crippen molar-refractivity contribution in [3.63, 3.8) is 0 Å². The molecule has 0 fully saturated rings. The van der Waals surface area contributed by atoms with Gasteiger partial charge in [-0.15, -0.1) is 0 Å². The third-order valence-corrected chi connectivity index (χ3v) is 6.24. The number of nitrogens with one attached hydrogen (secondary N) is 1. The second kappa shape index (κ2) is 9.77. The molecular weight excluding hydrogens is 522 g/mol. The maximum atomic E-state index is 14.0. The Balaban J connectivity index is 1.50. The summed E-state index contributed by atoms with van der Waals surface area (Å²) in [6.45, 7) is 0. The summed E-state index contributed by atoms with van der Waals surface area (Å²) in [5, 5.41) is 5.55. The first-order chi connectivity index (χ1) is 15.3. The number of hydrogen-bond donors (Lipinski definition) is 1. The van der Waals surface area contributed by atoms with Gasteiger partial charge in [-0.25, -0.2) is 13.5 Å². The van der Waals surface area contributed by atoms with E-state index in [4.69, 9.17) is 51.1 Å². The van der Waals surface area contributed by atoms with Crippen LogP contribution in [0.3, 0.4) is 0 Å². The molecule has 1 aromatic heterocycles. The molecule has 0 spiro atoms. The van der Waals surface area contributed by atoms with E-state index in [2.05, 4.69) is 9.82 Å². The molecule has 0 unspecified atom stereocenters. The van der Waals surface area contributed by atoms with E-state index in [9.17, 15) is 8.78 Å². The highest BCUT2D eigenvalue weighted by Gasteiger charge is 2.14. The summed E-state index contributed by atoms with van der Waals surface area (Å²) < 4.78 is 37.2. The molecule has 4 aromatic rings. The zero-order valence-electron chi connectivity index (χ0n) is 15.8. The number of aromatic nitrogens is 2. The summed E-state index contributed by atoms with van der Waals surface area (Å²) >= 11 is 26.1. The van der Waals surface area contributed by atoms with E-state index in [1.165, 1.54) is 35.1 Å². The molecule has 4 nitrogen and oxygen atoms in total. The quantitative estimate of drug-likeness (QED) is 0.252. The fourth-order valence-corrected chi connectivity index (χ4v) is 4.39. The average molecular weight is 533 g/mol. The molecule has 4 rings (SSSR count). The lowest BCUT2D eigenvalue weighted by molar-refractivity contribution is 0.483. The van der Waals surface area contributed by atoms with Crippen molar-refractivity contribution >= 4 is 64.0 Å². The van der Waals surface area contributed by atoms with Crippen molar-refractivity contribution in [2.75, 3.05) is 4.72 Å². The highest BCUT2D eigenvalue weighted by Crippen LogP contribution is 2.40. The Bertz CT molecular complexity index is 1280. The predicted molar refractivity (Wildman–Crippen MR) is 126 cm³/mol. The number of benzene rings is 3. The van der Waals surface area contributed by atoms with Crippen molar-refractivity contribution in [1.29, 1.82) is 0 Å². The molecule has 0 aliphatic rings. The van der Waals surface area contributed by atoms with Gasteiger partial charge in [-0.2, -0.15) is 5.10 Å². The fourth-order valence-electron chi connectivity index (χ4n) is 2.66. The van der Waals surface area contributed by atoms with Crippen LogP contribution in [0.2, 0.25) is 20.1 Å². The number of rotatable bonds is 6. The molecule has 0 saturated heterocycles. The van der Waals surface area contributed by atoms with Gasteiger partial charge >= 0.3 is 0 Å². The average Bonchev–Trinajstić information content (AvgIpc) is 3.18. The summed E-state index contributed by atoms with van der Waals surface area (Å²) in [5.74, 6) is -0.976. The van der Waals surface area contributed by atoms with Gasteiger partial charge in [0, 0.05) is 21.7 Å². The Morgan fingerprint density at radius 3 is 2.34 bits per heavy atom. The van der Waals surface area contributed by atoms with Crippen molar-refractivity contribution in [2.45, 2.75) is 4.90 Å². The molecule has 0 aliphatic carbocycles. The Morgan fingerprint density at radius 2 is 1.66 bits per heavy atom. The SMILES string of the molecule is Fc1ccc(-n2cc(Oc3c(Cl)cc(NSc4ccc(Cl)cc4Cl)cc3Cl)cn2)c(F)c1. The lowest BCUT2D eigenvalue weighted by Gasteiger charge is -2.12. The number of ether oxygens (including phenoxy) is 1. The summed E-state index contributed by atoms with van der Waals surface area (Å²) in [6.07, 6.45) is 2.79. The maximum Gasteiger partial charge on any atom is 0.165 e. The highest BCUT2D eigenvalue weighted by atomic mass is 35.5. The minimum absolute atomic E-state index is 0.0656. The monoisotopic (exact) mass is 531 g/mol. The van der Waals surface area contributed by atoms with Crippen LogP contribution in [0.25, 0.3) is 5.69 Å². The second-order valence-corrected chi connectivity index (χ2v) is 8.87. The van der Waals surface area contributed by atoms with E-state index < -0.39 is 11.6 Å². The van der Waals surface area contributed by atoms with Crippen LogP contribution in [0.4, 0.5) is 14.5 Å². The number of hydrogen-bond acceptors (Lipinski definition) is 4. The Labute approximate surface area is 206 Å². The van der Waals surface area contributed by atoms with E-state index >= 15 is 0 Å². The van der Waals surface area contributed by atoms with Crippen LogP contribution in [0.15, 0.2) is 65.8 Å².